The summed E-state index contributed by atoms with van der Waals surface area (Å²) in [5.41, 5.74) is 0.817. The maximum Gasteiger partial charge on any atom is 0.295 e. The lowest BCUT2D eigenvalue weighted by Gasteiger charge is -2.25. The number of anilines is 1. The largest absolute Gasteiger partial charge is 0.494 e. The third-order valence-corrected chi connectivity index (χ3v) is 6.40. The molecular weight excluding hydrogens is 464 g/mol. The predicted molar refractivity (Wildman–Crippen MR) is 134 cm³/mol. The molecule has 0 N–H and O–H groups in total. The smallest absolute Gasteiger partial charge is 0.295 e. The molecule has 4 aromatic rings. The number of nitrogens with zero attached hydrogens (tertiary/aromatic N) is 1. The zero-order valence-electron chi connectivity index (χ0n) is 19.8. The molecule has 0 saturated heterocycles. The quantitative estimate of drug-likeness (QED) is 0.256. The van der Waals surface area contributed by atoms with Crippen LogP contribution in [0.4, 0.5) is 14.5 Å². The van der Waals surface area contributed by atoms with Gasteiger partial charge in [0.25, 0.3) is 5.91 Å². The molecule has 1 unspecified atom stereocenters. The van der Waals surface area contributed by atoms with Gasteiger partial charge in [0.15, 0.2) is 5.43 Å². The first-order chi connectivity index (χ1) is 17.5. The van der Waals surface area contributed by atoms with Crippen LogP contribution in [0.1, 0.15) is 60.3 Å². The Morgan fingerprint density at radius 1 is 0.889 bits per heavy atom. The number of halogens is 2. The summed E-state index contributed by atoms with van der Waals surface area (Å²) in [5, 5.41) is 0.0551. The van der Waals surface area contributed by atoms with E-state index < -0.39 is 29.0 Å². The molecule has 5 rings (SSSR count). The Bertz CT molecular complexity index is 1460. The van der Waals surface area contributed by atoms with Crippen LogP contribution in [0.5, 0.6) is 5.75 Å². The number of carbonyl (C=O) groups is 1. The normalized spacial score (nSPS) is 14.9. The molecule has 1 atom stereocenters. The van der Waals surface area contributed by atoms with E-state index in [1.165, 1.54) is 41.3 Å². The van der Waals surface area contributed by atoms with Gasteiger partial charge in [-0.3, -0.25) is 14.5 Å². The number of hydrogen-bond acceptors (Lipinski definition) is 4. The number of benzene rings is 3. The summed E-state index contributed by atoms with van der Waals surface area (Å²) in [6.45, 7) is 2.76. The highest BCUT2D eigenvalue weighted by Crippen LogP contribution is 2.41. The number of carbonyl (C=O) groups excluding carboxylic acids is 1. The first-order valence-electron chi connectivity index (χ1n) is 12.1. The molecule has 0 fully saturated rings. The van der Waals surface area contributed by atoms with E-state index in [9.17, 15) is 18.4 Å². The Labute approximate surface area is 206 Å². The Hall–Kier alpha value is -4.00. The zero-order chi connectivity index (χ0) is 25.2. The summed E-state index contributed by atoms with van der Waals surface area (Å²) in [7, 11) is 0. The first kappa shape index (κ1) is 23.7. The number of ether oxygens (including phenoxy) is 1. The van der Waals surface area contributed by atoms with E-state index in [4.69, 9.17) is 9.15 Å². The molecule has 1 aromatic heterocycles. The fourth-order valence-electron chi connectivity index (χ4n) is 4.59. The van der Waals surface area contributed by atoms with Crippen molar-refractivity contribution in [2.45, 2.75) is 38.6 Å². The molecule has 5 nitrogen and oxygen atoms in total. The maximum atomic E-state index is 14.0. The third-order valence-electron chi connectivity index (χ3n) is 6.40. The van der Waals surface area contributed by atoms with Crippen molar-refractivity contribution in [1.29, 1.82) is 0 Å². The first-order valence-corrected chi connectivity index (χ1v) is 12.1. The fraction of sp³-hybridized carbons (Fsp3) is 0.241. The second-order valence-corrected chi connectivity index (χ2v) is 8.85. The van der Waals surface area contributed by atoms with Crippen molar-refractivity contribution in [3.63, 3.8) is 0 Å². The van der Waals surface area contributed by atoms with Crippen LogP contribution in [0, 0.1) is 11.6 Å². The van der Waals surface area contributed by atoms with Crippen molar-refractivity contribution in [1.82, 2.24) is 0 Å². The Morgan fingerprint density at radius 2 is 1.61 bits per heavy atom. The molecule has 184 valence electrons. The van der Waals surface area contributed by atoms with Gasteiger partial charge in [-0.05, 0) is 66.6 Å². The van der Waals surface area contributed by atoms with E-state index in [-0.39, 0.29) is 22.3 Å². The summed E-state index contributed by atoms with van der Waals surface area (Å²) in [6, 6.07) is 15.4. The number of fused-ring (bicyclic) bond motifs is 2. The van der Waals surface area contributed by atoms with E-state index in [0.717, 1.165) is 31.7 Å². The van der Waals surface area contributed by atoms with E-state index in [1.807, 2.05) is 0 Å². The Balaban J connectivity index is 1.57. The highest BCUT2D eigenvalue weighted by atomic mass is 19.1. The lowest BCUT2D eigenvalue weighted by atomic mass is 9.98. The SMILES string of the molecule is CCCCCCOc1ccc(C2c3c(oc4ccc(F)cc4c3=O)C(=O)N2c2ccc(F)cc2)cc1. The maximum absolute atomic E-state index is 14.0. The van der Waals surface area contributed by atoms with Crippen molar-refractivity contribution < 1.29 is 22.7 Å². The standard InChI is InChI=1S/C29H25F2NO4/c1-2-3-4-5-16-35-22-13-6-18(7-14-22)26-25-27(33)23-17-20(31)10-15-24(23)36-28(25)29(34)32(26)21-11-8-19(30)9-12-21/h6-15,17,26H,2-5,16H2,1H3. The van der Waals surface area contributed by atoms with Crippen molar-refractivity contribution in [2.24, 2.45) is 0 Å². The van der Waals surface area contributed by atoms with Crippen molar-refractivity contribution in [3.05, 3.63) is 105 Å². The Morgan fingerprint density at radius 3 is 2.33 bits per heavy atom. The highest BCUT2D eigenvalue weighted by molar-refractivity contribution is 6.10. The summed E-state index contributed by atoms with van der Waals surface area (Å²) in [4.78, 5) is 28.5. The number of amides is 1. The monoisotopic (exact) mass is 489 g/mol. The van der Waals surface area contributed by atoms with Gasteiger partial charge in [0.2, 0.25) is 5.76 Å². The van der Waals surface area contributed by atoms with Crippen LogP contribution in [0.2, 0.25) is 0 Å². The molecule has 1 aliphatic heterocycles. The second-order valence-electron chi connectivity index (χ2n) is 8.85. The predicted octanol–water partition coefficient (Wildman–Crippen LogP) is 6.78. The molecule has 1 aliphatic rings. The molecule has 7 heteroatoms. The molecular formula is C29H25F2NO4. The molecule has 0 radical (unpaired) electrons. The van der Waals surface area contributed by atoms with Crippen molar-refractivity contribution in [3.8, 4) is 5.75 Å². The van der Waals surface area contributed by atoms with Crippen LogP contribution in [0.25, 0.3) is 11.0 Å². The molecule has 0 saturated carbocycles. The van der Waals surface area contributed by atoms with Crippen molar-refractivity contribution >= 4 is 22.6 Å². The Kier molecular flexibility index (Phi) is 6.55. The average molecular weight is 490 g/mol. The van der Waals surface area contributed by atoms with Gasteiger partial charge in [0.05, 0.1) is 23.6 Å². The topological polar surface area (TPSA) is 59.8 Å². The molecule has 36 heavy (non-hydrogen) atoms. The minimum absolute atomic E-state index is 0.0551. The van der Waals surface area contributed by atoms with Crippen LogP contribution in [-0.4, -0.2) is 12.5 Å². The number of unbranched alkanes of at least 4 members (excludes halogenated alkanes) is 3. The van der Waals surface area contributed by atoms with Gasteiger partial charge in [0, 0.05) is 5.69 Å². The van der Waals surface area contributed by atoms with E-state index in [2.05, 4.69) is 6.92 Å². The van der Waals surface area contributed by atoms with Gasteiger partial charge in [-0.15, -0.1) is 0 Å². The average Bonchev–Trinajstić information content (AvgIpc) is 3.18. The summed E-state index contributed by atoms with van der Waals surface area (Å²) >= 11 is 0. The zero-order valence-corrected chi connectivity index (χ0v) is 19.8. The van der Waals surface area contributed by atoms with Crippen LogP contribution in [0.15, 0.2) is 75.9 Å². The summed E-state index contributed by atoms with van der Waals surface area (Å²) in [5.74, 6) is -0.978. The second kappa shape index (κ2) is 9.93. The molecule has 0 bridgehead atoms. The lowest BCUT2D eigenvalue weighted by molar-refractivity contribution is 0.0971. The van der Waals surface area contributed by atoms with E-state index >= 15 is 0 Å². The minimum Gasteiger partial charge on any atom is -0.494 e. The minimum atomic E-state index is -0.833. The van der Waals surface area contributed by atoms with Crippen LogP contribution < -0.4 is 15.1 Å². The van der Waals surface area contributed by atoms with Crippen LogP contribution in [0.3, 0.4) is 0 Å². The number of rotatable bonds is 8. The molecule has 2 heterocycles. The van der Waals surface area contributed by atoms with Gasteiger partial charge >= 0.3 is 0 Å². The number of hydrogen-bond donors (Lipinski definition) is 0. The van der Waals surface area contributed by atoms with Crippen LogP contribution >= 0.6 is 0 Å². The van der Waals surface area contributed by atoms with Crippen LogP contribution in [-0.2, 0) is 0 Å². The molecule has 0 aliphatic carbocycles. The highest BCUT2D eigenvalue weighted by Gasteiger charge is 2.43. The summed E-state index contributed by atoms with van der Waals surface area (Å²) < 4.78 is 39.3. The van der Waals surface area contributed by atoms with Crippen molar-refractivity contribution in [2.75, 3.05) is 11.5 Å². The van der Waals surface area contributed by atoms with Gasteiger partial charge in [-0.2, -0.15) is 0 Å². The van der Waals surface area contributed by atoms with Gasteiger partial charge < -0.3 is 9.15 Å². The lowest BCUT2D eigenvalue weighted by Crippen LogP contribution is -2.29. The summed E-state index contributed by atoms with van der Waals surface area (Å²) in [6.07, 6.45) is 4.38. The van der Waals surface area contributed by atoms with E-state index in [1.54, 1.807) is 24.3 Å². The van der Waals surface area contributed by atoms with Gasteiger partial charge in [-0.25, -0.2) is 8.78 Å². The van der Waals surface area contributed by atoms with Gasteiger partial charge in [-0.1, -0.05) is 38.3 Å². The van der Waals surface area contributed by atoms with Gasteiger partial charge in [0.1, 0.15) is 23.0 Å². The molecule has 3 aromatic carbocycles. The molecule has 0 spiro atoms. The molecule has 1 amide bonds. The van der Waals surface area contributed by atoms with E-state index in [0.29, 0.717) is 23.6 Å². The third kappa shape index (κ3) is 4.37. The fourth-order valence-corrected chi connectivity index (χ4v) is 4.59.